The second-order valence-corrected chi connectivity index (χ2v) is 8.21. The van der Waals surface area contributed by atoms with Crippen molar-refractivity contribution in [2.24, 2.45) is 5.41 Å². The quantitative estimate of drug-likeness (QED) is 0.548. The van der Waals surface area contributed by atoms with Gasteiger partial charge in [0.2, 0.25) is 0 Å². The van der Waals surface area contributed by atoms with E-state index in [-0.39, 0.29) is 0 Å². The molecule has 0 unspecified atom stereocenters. The van der Waals surface area contributed by atoms with Gasteiger partial charge in [-0.2, -0.15) is 0 Å². The molecule has 0 amide bonds. The van der Waals surface area contributed by atoms with E-state index in [9.17, 15) is 8.78 Å². The highest BCUT2D eigenvalue weighted by Crippen LogP contribution is 2.42. The minimum absolute atomic E-state index is 0.355. The second-order valence-electron chi connectivity index (χ2n) is 8.21. The number of benzene rings is 2. The predicted octanol–water partition coefficient (Wildman–Crippen LogP) is 7.27. The van der Waals surface area contributed by atoms with Crippen LogP contribution in [0.3, 0.4) is 0 Å². The summed E-state index contributed by atoms with van der Waals surface area (Å²) in [5, 5.41) is 0. The molecule has 0 aromatic heterocycles. The molecular weight excluding hydrogens is 314 g/mol. The Morgan fingerprint density at radius 1 is 0.920 bits per heavy atom. The molecule has 0 N–H and O–H groups in total. The molecule has 2 aromatic rings. The van der Waals surface area contributed by atoms with Crippen LogP contribution in [-0.2, 0) is 6.42 Å². The third kappa shape index (κ3) is 3.94. The number of aryl methyl sites for hydroxylation is 1. The van der Waals surface area contributed by atoms with Gasteiger partial charge < -0.3 is 0 Å². The molecule has 0 saturated heterocycles. The molecule has 0 heterocycles. The van der Waals surface area contributed by atoms with Gasteiger partial charge >= 0.3 is 0 Å². The summed E-state index contributed by atoms with van der Waals surface area (Å²) in [6.07, 6.45) is 6.29. The van der Waals surface area contributed by atoms with E-state index in [4.69, 9.17) is 0 Å². The first-order valence-electron chi connectivity index (χ1n) is 9.48. The van der Waals surface area contributed by atoms with E-state index in [0.717, 1.165) is 12.0 Å². The Bertz CT molecular complexity index is 719. The van der Waals surface area contributed by atoms with Crippen molar-refractivity contribution in [3.8, 4) is 11.1 Å². The molecule has 3 rings (SSSR count). The maximum absolute atomic E-state index is 14.4. The molecule has 2 heteroatoms. The lowest BCUT2D eigenvalue weighted by Gasteiger charge is -2.34. The third-order valence-electron chi connectivity index (χ3n) is 5.71. The topological polar surface area (TPSA) is 0 Å². The van der Waals surface area contributed by atoms with E-state index in [1.807, 2.05) is 19.1 Å². The van der Waals surface area contributed by atoms with Gasteiger partial charge in [0.1, 0.15) is 0 Å². The Morgan fingerprint density at radius 2 is 1.56 bits per heavy atom. The van der Waals surface area contributed by atoms with Crippen molar-refractivity contribution in [2.45, 2.75) is 65.2 Å². The molecule has 0 bridgehead atoms. The Morgan fingerprint density at radius 3 is 2.16 bits per heavy atom. The molecule has 134 valence electrons. The molecule has 25 heavy (non-hydrogen) atoms. The van der Waals surface area contributed by atoms with Crippen LogP contribution in [0, 0.1) is 17.0 Å². The molecule has 0 spiro atoms. The van der Waals surface area contributed by atoms with Gasteiger partial charge in [0.05, 0.1) is 0 Å². The van der Waals surface area contributed by atoms with Crippen LogP contribution in [0.2, 0.25) is 0 Å². The SMILES string of the molecule is CCCc1ccc(-c2ccc(C3CCC(C)(C)CC3)cc2)c(F)c1F. The average molecular weight is 342 g/mol. The fraction of sp³-hybridized carbons (Fsp3) is 0.478. The van der Waals surface area contributed by atoms with Gasteiger partial charge in [-0.1, -0.05) is 63.6 Å². The number of rotatable bonds is 4. The van der Waals surface area contributed by atoms with Gasteiger partial charge in [-0.05, 0) is 60.1 Å². The lowest BCUT2D eigenvalue weighted by molar-refractivity contribution is 0.224. The Hall–Kier alpha value is -1.70. The van der Waals surface area contributed by atoms with E-state index < -0.39 is 11.6 Å². The summed E-state index contributed by atoms with van der Waals surface area (Å²) >= 11 is 0. The number of hydrogen-bond acceptors (Lipinski definition) is 0. The van der Waals surface area contributed by atoms with Crippen molar-refractivity contribution in [1.82, 2.24) is 0 Å². The van der Waals surface area contributed by atoms with Gasteiger partial charge in [0.25, 0.3) is 0 Å². The molecule has 0 radical (unpaired) electrons. The van der Waals surface area contributed by atoms with Crippen molar-refractivity contribution in [2.75, 3.05) is 0 Å². The first kappa shape index (κ1) is 18.1. The van der Waals surface area contributed by atoms with Crippen LogP contribution >= 0.6 is 0 Å². The van der Waals surface area contributed by atoms with E-state index in [0.29, 0.717) is 28.9 Å². The summed E-state index contributed by atoms with van der Waals surface area (Å²) < 4.78 is 28.6. The fourth-order valence-corrected chi connectivity index (χ4v) is 3.94. The van der Waals surface area contributed by atoms with Crippen molar-refractivity contribution in [3.63, 3.8) is 0 Å². The minimum Gasteiger partial charge on any atom is -0.203 e. The van der Waals surface area contributed by atoms with E-state index in [1.165, 1.54) is 31.2 Å². The zero-order valence-electron chi connectivity index (χ0n) is 15.5. The largest absolute Gasteiger partial charge is 0.203 e. The smallest absolute Gasteiger partial charge is 0.166 e. The number of hydrogen-bond donors (Lipinski definition) is 0. The molecule has 1 fully saturated rings. The highest BCUT2D eigenvalue weighted by atomic mass is 19.2. The molecule has 0 atom stereocenters. The van der Waals surface area contributed by atoms with Gasteiger partial charge in [-0.3, -0.25) is 0 Å². The van der Waals surface area contributed by atoms with Crippen LogP contribution in [0.4, 0.5) is 8.78 Å². The molecule has 1 saturated carbocycles. The molecule has 1 aliphatic carbocycles. The predicted molar refractivity (Wildman–Crippen MR) is 101 cm³/mol. The summed E-state index contributed by atoms with van der Waals surface area (Å²) in [6, 6.07) is 11.5. The van der Waals surface area contributed by atoms with Crippen molar-refractivity contribution < 1.29 is 8.78 Å². The van der Waals surface area contributed by atoms with Gasteiger partial charge in [-0.15, -0.1) is 0 Å². The van der Waals surface area contributed by atoms with E-state index >= 15 is 0 Å². The average Bonchev–Trinajstić information content (AvgIpc) is 2.60. The van der Waals surface area contributed by atoms with Gasteiger partial charge in [0.15, 0.2) is 11.6 Å². The van der Waals surface area contributed by atoms with Crippen LogP contribution in [0.15, 0.2) is 36.4 Å². The Balaban J connectivity index is 1.80. The lowest BCUT2D eigenvalue weighted by Crippen LogP contribution is -2.20. The van der Waals surface area contributed by atoms with Gasteiger partial charge in [0, 0.05) is 5.56 Å². The molecular formula is C23H28F2. The second kappa shape index (κ2) is 7.27. The van der Waals surface area contributed by atoms with Crippen molar-refractivity contribution >= 4 is 0 Å². The van der Waals surface area contributed by atoms with Crippen molar-refractivity contribution in [3.05, 3.63) is 59.2 Å². The summed E-state index contributed by atoms with van der Waals surface area (Å²) in [4.78, 5) is 0. The van der Waals surface area contributed by atoms with Crippen LogP contribution in [0.5, 0.6) is 0 Å². The fourth-order valence-electron chi connectivity index (χ4n) is 3.94. The van der Waals surface area contributed by atoms with Crippen LogP contribution in [0.1, 0.15) is 69.9 Å². The highest BCUT2D eigenvalue weighted by molar-refractivity contribution is 5.65. The van der Waals surface area contributed by atoms with E-state index in [2.05, 4.69) is 26.0 Å². The van der Waals surface area contributed by atoms with Crippen LogP contribution in [0.25, 0.3) is 11.1 Å². The Kier molecular flexibility index (Phi) is 5.27. The zero-order chi connectivity index (χ0) is 18.0. The van der Waals surface area contributed by atoms with Gasteiger partial charge in [-0.25, -0.2) is 8.78 Å². The first-order chi connectivity index (χ1) is 11.9. The molecule has 0 nitrogen and oxygen atoms in total. The highest BCUT2D eigenvalue weighted by Gasteiger charge is 2.27. The lowest BCUT2D eigenvalue weighted by atomic mass is 9.71. The maximum Gasteiger partial charge on any atom is 0.166 e. The summed E-state index contributed by atoms with van der Waals surface area (Å²) in [7, 11) is 0. The Labute approximate surface area is 150 Å². The summed E-state index contributed by atoms with van der Waals surface area (Å²) in [6.45, 7) is 6.65. The van der Waals surface area contributed by atoms with Crippen molar-refractivity contribution in [1.29, 1.82) is 0 Å². The normalized spacial score (nSPS) is 17.6. The third-order valence-corrected chi connectivity index (χ3v) is 5.71. The molecule has 0 aliphatic heterocycles. The minimum atomic E-state index is -0.724. The van der Waals surface area contributed by atoms with Crippen LogP contribution < -0.4 is 0 Å². The zero-order valence-corrected chi connectivity index (χ0v) is 15.5. The number of halogens is 2. The van der Waals surface area contributed by atoms with Crippen LogP contribution in [-0.4, -0.2) is 0 Å². The standard InChI is InChI=1S/C23H28F2/c1-4-5-19-10-11-20(22(25)21(19)24)18-8-6-16(7-9-18)17-12-14-23(2,3)15-13-17/h6-11,17H,4-5,12-15H2,1-3H3. The first-order valence-corrected chi connectivity index (χ1v) is 9.48. The monoisotopic (exact) mass is 342 g/mol. The summed E-state index contributed by atoms with van der Waals surface area (Å²) in [5.74, 6) is -0.827. The molecule has 2 aromatic carbocycles. The van der Waals surface area contributed by atoms with E-state index in [1.54, 1.807) is 12.1 Å². The maximum atomic E-state index is 14.4. The molecule has 1 aliphatic rings. The summed E-state index contributed by atoms with van der Waals surface area (Å²) in [5.41, 5.74) is 3.35.